The Hall–Kier alpha value is -1.89. The van der Waals surface area contributed by atoms with Gasteiger partial charge in [-0.05, 0) is 30.9 Å². The van der Waals surface area contributed by atoms with Crippen molar-refractivity contribution < 1.29 is 13.2 Å². The van der Waals surface area contributed by atoms with Crippen LogP contribution in [-0.2, 0) is 21.2 Å². The van der Waals surface area contributed by atoms with E-state index in [0.717, 1.165) is 32.2 Å². The van der Waals surface area contributed by atoms with E-state index in [-0.39, 0.29) is 17.6 Å². The number of piperidine rings is 1. The Morgan fingerprint density at radius 1 is 1.35 bits per heavy atom. The number of sulfone groups is 1. The number of nitrogens with zero attached hydrogens (tertiary/aromatic N) is 3. The molecule has 1 aromatic heterocycles. The maximum absolute atomic E-state index is 12.6. The van der Waals surface area contributed by atoms with Crippen LogP contribution in [-0.4, -0.2) is 48.1 Å². The molecule has 7 heteroatoms. The van der Waals surface area contributed by atoms with E-state index in [4.69, 9.17) is 0 Å². The smallest absolute Gasteiger partial charge is 0.242 e. The molecule has 1 aliphatic rings. The summed E-state index contributed by atoms with van der Waals surface area (Å²) in [4.78, 5) is 18.6. The van der Waals surface area contributed by atoms with E-state index in [1.807, 2.05) is 11.0 Å². The fourth-order valence-corrected chi connectivity index (χ4v) is 3.97. The number of likely N-dealkylation sites (tertiary alicyclic amines) is 1. The summed E-state index contributed by atoms with van der Waals surface area (Å²) in [6.45, 7) is 3.62. The zero-order valence-corrected chi connectivity index (χ0v) is 14.2. The van der Waals surface area contributed by atoms with Crippen molar-refractivity contribution in [2.75, 3.05) is 19.3 Å². The topological polar surface area (TPSA) is 72.3 Å². The van der Waals surface area contributed by atoms with E-state index < -0.39 is 9.84 Å². The van der Waals surface area contributed by atoms with Crippen LogP contribution in [0.5, 0.6) is 0 Å². The number of carbonyl (C=O) groups is 1. The normalized spacial score (nSPS) is 19.2. The van der Waals surface area contributed by atoms with Gasteiger partial charge in [-0.25, -0.2) is 13.4 Å². The molecule has 124 valence electrons. The monoisotopic (exact) mass is 335 g/mol. The van der Waals surface area contributed by atoms with Gasteiger partial charge in [-0.3, -0.25) is 4.79 Å². The molecular weight excluding hydrogens is 314 g/mol. The van der Waals surface area contributed by atoms with Crippen LogP contribution < -0.4 is 0 Å². The zero-order valence-electron chi connectivity index (χ0n) is 13.4. The number of para-hydroxylation sites is 2. The van der Waals surface area contributed by atoms with Gasteiger partial charge in [0.2, 0.25) is 20.9 Å². The molecular formula is C16H21N3O3S. The summed E-state index contributed by atoms with van der Waals surface area (Å²) in [5, 5.41) is -0.0443. The van der Waals surface area contributed by atoms with Crippen molar-refractivity contribution in [3.63, 3.8) is 0 Å². The maximum Gasteiger partial charge on any atom is 0.242 e. The molecule has 6 nitrogen and oxygen atoms in total. The van der Waals surface area contributed by atoms with Crippen LogP contribution in [0.15, 0.2) is 29.4 Å². The first-order valence-electron chi connectivity index (χ1n) is 7.79. The maximum atomic E-state index is 12.6. The zero-order chi connectivity index (χ0) is 16.6. The third kappa shape index (κ3) is 3.24. The molecule has 3 rings (SSSR count). The highest BCUT2D eigenvalue weighted by atomic mass is 32.2. The van der Waals surface area contributed by atoms with Gasteiger partial charge < -0.3 is 9.47 Å². The first-order valence-corrected chi connectivity index (χ1v) is 9.68. The second kappa shape index (κ2) is 5.96. The SMILES string of the molecule is C[C@H]1CCCN(C(=O)Cn2c(S(C)(=O)=O)nc3ccccc32)C1. The van der Waals surface area contributed by atoms with Gasteiger partial charge in [-0.1, -0.05) is 19.1 Å². The number of hydrogen-bond donors (Lipinski definition) is 0. The number of benzene rings is 1. The number of hydrogen-bond acceptors (Lipinski definition) is 4. The highest BCUT2D eigenvalue weighted by Gasteiger charge is 2.25. The van der Waals surface area contributed by atoms with E-state index in [1.54, 1.807) is 18.2 Å². The van der Waals surface area contributed by atoms with Crippen molar-refractivity contribution in [3.8, 4) is 0 Å². The van der Waals surface area contributed by atoms with Crippen molar-refractivity contribution in [1.29, 1.82) is 0 Å². The van der Waals surface area contributed by atoms with Crippen LogP contribution in [0.25, 0.3) is 11.0 Å². The summed E-state index contributed by atoms with van der Waals surface area (Å²) in [6.07, 6.45) is 3.25. The van der Waals surface area contributed by atoms with E-state index >= 15 is 0 Å². The summed E-state index contributed by atoms with van der Waals surface area (Å²) in [7, 11) is -3.50. The minimum absolute atomic E-state index is 0.00956. The van der Waals surface area contributed by atoms with Gasteiger partial charge >= 0.3 is 0 Å². The van der Waals surface area contributed by atoms with Crippen molar-refractivity contribution in [2.24, 2.45) is 5.92 Å². The minimum Gasteiger partial charge on any atom is -0.341 e. The highest BCUT2D eigenvalue weighted by molar-refractivity contribution is 7.90. The van der Waals surface area contributed by atoms with Gasteiger partial charge in [0.15, 0.2) is 0 Å². The fourth-order valence-electron chi connectivity index (χ4n) is 3.14. The van der Waals surface area contributed by atoms with Gasteiger partial charge in [0, 0.05) is 19.3 Å². The lowest BCUT2D eigenvalue weighted by atomic mass is 10.0. The molecule has 1 amide bonds. The number of imidazole rings is 1. The van der Waals surface area contributed by atoms with E-state index in [0.29, 0.717) is 17.0 Å². The van der Waals surface area contributed by atoms with Crippen LogP contribution in [0.1, 0.15) is 19.8 Å². The van der Waals surface area contributed by atoms with Crippen LogP contribution in [0.3, 0.4) is 0 Å². The third-order valence-electron chi connectivity index (χ3n) is 4.25. The molecule has 2 heterocycles. The molecule has 1 saturated heterocycles. The molecule has 0 N–H and O–H groups in total. The quantitative estimate of drug-likeness (QED) is 0.856. The lowest BCUT2D eigenvalue weighted by molar-refractivity contribution is -0.133. The molecule has 0 aliphatic carbocycles. The Balaban J connectivity index is 1.97. The third-order valence-corrected chi connectivity index (χ3v) is 5.23. The van der Waals surface area contributed by atoms with Crippen LogP contribution in [0.4, 0.5) is 0 Å². The number of carbonyl (C=O) groups excluding carboxylic acids is 1. The molecule has 0 saturated carbocycles. The van der Waals surface area contributed by atoms with E-state index in [2.05, 4.69) is 11.9 Å². The summed E-state index contributed by atoms with van der Waals surface area (Å²) in [5.41, 5.74) is 1.26. The minimum atomic E-state index is -3.50. The molecule has 23 heavy (non-hydrogen) atoms. The molecule has 1 atom stereocenters. The average molecular weight is 335 g/mol. The average Bonchev–Trinajstić information content (AvgIpc) is 2.86. The molecule has 0 spiro atoms. The van der Waals surface area contributed by atoms with Gasteiger partial charge in [-0.15, -0.1) is 0 Å². The summed E-state index contributed by atoms with van der Waals surface area (Å²) in [6, 6.07) is 7.18. The highest BCUT2D eigenvalue weighted by Crippen LogP contribution is 2.21. The first kappa shape index (κ1) is 16.0. The Labute approximate surface area is 136 Å². The second-order valence-electron chi connectivity index (χ2n) is 6.33. The molecule has 0 radical (unpaired) electrons. The Kier molecular flexibility index (Phi) is 4.14. The Bertz CT molecular complexity index is 841. The van der Waals surface area contributed by atoms with Crippen molar-refractivity contribution in [2.45, 2.75) is 31.5 Å². The molecule has 0 bridgehead atoms. The van der Waals surface area contributed by atoms with Gasteiger partial charge in [0.25, 0.3) is 0 Å². The molecule has 2 aromatic rings. The lowest BCUT2D eigenvalue weighted by Gasteiger charge is -2.31. The van der Waals surface area contributed by atoms with Gasteiger partial charge in [0.05, 0.1) is 11.0 Å². The second-order valence-corrected chi connectivity index (χ2v) is 8.24. The summed E-state index contributed by atoms with van der Waals surface area (Å²) >= 11 is 0. The van der Waals surface area contributed by atoms with Crippen molar-refractivity contribution in [1.82, 2.24) is 14.5 Å². The summed E-state index contributed by atoms with van der Waals surface area (Å²) in [5.74, 6) is 0.436. The number of fused-ring (bicyclic) bond motifs is 1. The number of amides is 1. The predicted octanol–water partition coefficient (Wildman–Crippen LogP) is 1.70. The summed E-state index contributed by atoms with van der Waals surface area (Å²) < 4.78 is 25.6. The van der Waals surface area contributed by atoms with Crippen molar-refractivity contribution >= 4 is 26.8 Å². The predicted molar refractivity (Wildman–Crippen MR) is 87.8 cm³/mol. The van der Waals surface area contributed by atoms with Gasteiger partial charge in [-0.2, -0.15) is 0 Å². The Morgan fingerprint density at radius 2 is 2.09 bits per heavy atom. The lowest BCUT2D eigenvalue weighted by Crippen LogP contribution is -2.41. The molecule has 1 fully saturated rings. The van der Waals surface area contributed by atoms with Crippen molar-refractivity contribution in [3.05, 3.63) is 24.3 Å². The molecule has 0 unspecified atom stereocenters. The van der Waals surface area contributed by atoms with E-state index in [9.17, 15) is 13.2 Å². The van der Waals surface area contributed by atoms with Gasteiger partial charge in [0.1, 0.15) is 6.54 Å². The van der Waals surface area contributed by atoms with E-state index in [1.165, 1.54) is 4.57 Å². The fraction of sp³-hybridized carbons (Fsp3) is 0.500. The van der Waals surface area contributed by atoms with Crippen LogP contribution in [0, 0.1) is 5.92 Å². The Morgan fingerprint density at radius 3 is 2.78 bits per heavy atom. The molecule has 1 aromatic carbocycles. The largest absolute Gasteiger partial charge is 0.341 e. The van der Waals surface area contributed by atoms with Crippen LogP contribution >= 0.6 is 0 Å². The number of aromatic nitrogens is 2. The van der Waals surface area contributed by atoms with Crippen LogP contribution in [0.2, 0.25) is 0 Å². The first-order chi connectivity index (χ1) is 10.9. The standard InChI is InChI=1S/C16H21N3O3S/c1-12-6-5-9-18(10-12)15(20)11-19-14-8-4-3-7-13(14)17-16(19)23(2,21)22/h3-4,7-8,12H,5-6,9-11H2,1-2H3/t12-/m0/s1. The molecule has 1 aliphatic heterocycles. The number of rotatable bonds is 3.